The lowest BCUT2D eigenvalue weighted by molar-refractivity contribution is -0.142. The van der Waals surface area contributed by atoms with Gasteiger partial charge in [-0.2, -0.15) is 0 Å². The van der Waals surface area contributed by atoms with Crippen molar-refractivity contribution in [3.8, 4) is 0 Å². The van der Waals surface area contributed by atoms with Gasteiger partial charge in [0.1, 0.15) is 0 Å². The average Bonchev–Trinajstić information content (AvgIpc) is 3.03. The highest BCUT2D eigenvalue weighted by molar-refractivity contribution is 5.71. The van der Waals surface area contributed by atoms with Crippen molar-refractivity contribution < 1.29 is 9.53 Å². The molecule has 0 radical (unpaired) electrons. The number of unbranched alkanes of at least 4 members (excludes halogenated alkanes) is 1. The number of ether oxygens (including phenoxy) is 1. The molecule has 1 heterocycles. The summed E-state index contributed by atoms with van der Waals surface area (Å²) in [4.78, 5) is 11.1. The molecule has 5 heteroatoms. The third-order valence-electron chi connectivity index (χ3n) is 3.27. The van der Waals surface area contributed by atoms with E-state index in [1.807, 2.05) is 0 Å². The first-order chi connectivity index (χ1) is 9.70. The molecule has 1 atom stereocenters. The predicted molar refractivity (Wildman–Crippen MR) is 90.4 cm³/mol. The fraction of sp³-hybridized carbons (Fsp3) is 0.938. The molecule has 0 bridgehead atoms. The van der Waals surface area contributed by atoms with E-state index in [1.54, 1.807) is 0 Å². The summed E-state index contributed by atoms with van der Waals surface area (Å²) in [6, 6.07) is 0. The van der Waals surface area contributed by atoms with Crippen LogP contribution in [0.1, 0.15) is 53.9 Å². The maximum Gasteiger partial charge on any atom is 0.319 e. The van der Waals surface area contributed by atoms with Gasteiger partial charge in [0.2, 0.25) is 0 Å². The van der Waals surface area contributed by atoms with Gasteiger partial charge in [-0.15, -0.1) is 0 Å². The van der Waals surface area contributed by atoms with E-state index in [-0.39, 0.29) is 13.4 Å². The molecule has 0 aliphatic carbocycles. The molecule has 1 aliphatic heterocycles. The molecule has 1 aliphatic rings. The summed E-state index contributed by atoms with van der Waals surface area (Å²) >= 11 is 0. The number of carbonyl (C=O) groups is 1. The number of carbonyl (C=O) groups excluding carboxylic acids is 1. The van der Waals surface area contributed by atoms with E-state index in [1.165, 1.54) is 6.42 Å². The second-order valence-electron chi connectivity index (χ2n) is 5.23. The number of hydrogen-bond acceptors (Lipinski definition) is 5. The summed E-state index contributed by atoms with van der Waals surface area (Å²) in [6.07, 6.45) is 4.34. The van der Waals surface area contributed by atoms with Crippen LogP contribution in [0.25, 0.3) is 0 Å². The molecular formula is C16H37N3O2. The lowest BCUT2D eigenvalue weighted by atomic mass is 10.1. The molecule has 128 valence electrons. The fourth-order valence-corrected chi connectivity index (χ4v) is 1.57. The molecule has 3 N–H and O–H groups in total. The van der Waals surface area contributed by atoms with Crippen molar-refractivity contribution in [1.29, 1.82) is 0 Å². The lowest BCUT2D eigenvalue weighted by Crippen LogP contribution is -2.26. The molecule has 0 amide bonds. The Balaban J connectivity index is 0. The standard InChI is InChI=1S/C12H25NO2.C3H8N2.CH4/c1-4-6-9-15-12(14)10-13-8-7-11(3)5-2;1-2-5-3-4-1;/h11,13H,4-10H2,1-3H3;4-5H,1-3H2;1H4. The third-order valence-corrected chi connectivity index (χ3v) is 3.27. The van der Waals surface area contributed by atoms with Crippen LogP contribution in [0.3, 0.4) is 0 Å². The van der Waals surface area contributed by atoms with Crippen molar-refractivity contribution in [2.45, 2.75) is 53.9 Å². The third kappa shape index (κ3) is 17.3. The lowest BCUT2D eigenvalue weighted by Gasteiger charge is -2.09. The Hall–Kier alpha value is -0.650. The van der Waals surface area contributed by atoms with Crippen molar-refractivity contribution in [1.82, 2.24) is 16.0 Å². The number of nitrogens with one attached hydrogen (secondary N) is 3. The van der Waals surface area contributed by atoms with Gasteiger partial charge in [0.05, 0.1) is 13.2 Å². The highest BCUT2D eigenvalue weighted by Crippen LogP contribution is 2.03. The predicted octanol–water partition coefficient (Wildman–Crippen LogP) is 2.13. The van der Waals surface area contributed by atoms with Crippen LogP contribution in [0.15, 0.2) is 0 Å². The van der Waals surface area contributed by atoms with Gasteiger partial charge >= 0.3 is 5.97 Å². The van der Waals surface area contributed by atoms with Crippen LogP contribution in [-0.2, 0) is 9.53 Å². The summed E-state index contributed by atoms with van der Waals surface area (Å²) < 4.78 is 5.01. The molecule has 0 aromatic carbocycles. The molecule has 1 unspecified atom stereocenters. The van der Waals surface area contributed by atoms with Gasteiger partial charge in [0.15, 0.2) is 0 Å². The van der Waals surface area contributed by atoms with Crippen LogP contribution in [0.5, 0.6) is 0 Å². The molecule has 0 saturated carbocycles. The SMILES string of the molecule is C.C1CNCN1.CCCCOC(=O)CNCCC(C)CC. The summed E-state index contributed by atoms with van der Waals surface area (Å²) in [6.45, 7) is 11.6. The Morgan fingerprint density at radius 1 is 1.29 bits per heavy atom. The van der Waals surface area contributed by atoms with Gasteiger partial charge in [0, 0.05) is 19.8 Å². The maximum atomic E-state index is 11.1. The summed E-state index contributed by atoms with van der Waals surface area (Å²) in [5.41, 5.74) is 0. The highest BCUT2D eigenvalue weighted by Gasteiger charge is 2.02. The van der Waals surface area contributed by atoms with Crippen molar-refractivity contribution in [3.05, 3.63) is 0 Å². The van der Waals surface area contributed by atoms with E-state index in [2.05, 4.69) is 36.7 Å². The second-order valence-corrected chi connectivity index (χ2v) is 5.23. The minimum atomic E-state index is -0.132. The quantitative estimate of drug-likeness (QED) is 0.450. The zero-order valence-electron chi connectivity index (χ0n) is 13.5. The molecule has 1 saturated heterocycles. The molecule has 5 nitrogen and oxygen atoms in total. The second kappa shape index (κ2) is 17.4. The summed E-state index contributed by atoms with van der Waals surface area (Å²) in [7, 11) is 0. The monoisotopic (exact) mass is 303 g/mol. The summed E-state index contributed by atoms with van der Waals surface area (Å²) in [5, 5.41) is 9.32. The molecule has 0 aromatic rings. The topological polar surface area (TPSA) is 62.4 Å². The van der Waals surface area contributed by atoms with Gasteiger partial charge < -0.3 is 20.7 Å². The van der Waals surface area contributed by atoms with E-state index >= 15 is 0 Å². The normalized spacial score (nSPS) is 14.6. The average molecular weight is 303 g/mol. The smallest absolute Gasteiger partial charge is 0.319 e. The number of rotatable bonds is 9. The molecular weight excluding hydrogens is 266 g/mol. The van der Waals surface area contributed by atoms with Crippen molar-refractivity contribution >= 4 is 5.97 Å². The number of esters is 1. The highest BCUT2D eigenvalue weighted by atomic mass is 16.5. The van der Waals surface area contributed by atoms with Gasteiger partial charge in [-0.25, -0.2) is 0 Å². The van der Waals surface area contributed by atoms with Crippen LogP contribution in [0, 0.1) is 5.92 Å². The zero-order valence-corrected chi connectivity index (χ0v) is 13.5. The fourth-order valence-electron chi connectivity index (χ4n) is 1.57. The largest absolute Gasteiger partial charge is 0.465 e. The van der Waals surface area contributed by atoms with E-state index in [0.717, 1.165) is 51.5 Å². The summed E-state index contributed by atoms with van der Waals surface area (Å²) in [5.74, 6) is 0.598. The van der Waals surface area contributed by atoms with Gasteiger partial charge in [0.25, 0.3) is 0 Å². The van der Waals surface area contributed by atoms with Crippen LogP contribution < -0.4 is 16.0 Å². The molecule has 1 fully saturated rings. The minimum Gasteiger partial charge on any atom is -0.465 e. The van der Waals surface area contributed by atoms with Gasteiger partial charge in [-0.05, 0) is 25.3 Å². The Bertz CT molecular complexity index is 214. The van der Waals surface area contributed by atoms with E-state index in [4.69, 9.17) is 4.74 Å². The zero-order chi connectivity index (χ0) is 15.1. The Morgan fingerprint density at radius 2 is 1.95 bits per heavy atom. The first-order valence-electron chi connectivity index (χ1n) is 7.98. The van der Waals surface area contributed by atoms with Gasteiger partial charge in [-0.1, -0.05) is 41.0 Å². The number of hydrogen-bond donors (Lipinski definition) is 3. The Kier molecular flexibility index (Phi) is 18.8. The Morgan fingerprint density at radius 3 is 2.43 bits per heavy atom. The van der Waals surface area contributed by atoms with E-state index < -0.39 is 0 Å². The van der Waals surface area contributed by atoms with Crippen LogP contribution in [0.4, 0.5) is 0 Å². The molecule has 21 heavy (non-hydrogen) atoms. The van der Waals surface area contributed by atoms with Gasteiger partial charge in [-0.3, -0.25) is 4.79 Å². The van der Waals surface area contributed by atoms with E-state index in [9.17, 15) is 4.79 Å². The first kappa shape index (κ1) is 22.6. The maximum absolute atomic E-state index is 11.1. The molecule has 1 rings (SSSR count). The first-order valence-corrected chi connectivity index (χ1v) is 7.98. The van der Waals surface area contributed by atoms with E-state index in [0.29, 0.717) is 13.2 Å². The Labute approximate surface area is 131 Å². The van der Waals surface area contributed by atoms with Crippen molar-refractivity contribution in [3.63, 3.8) is 0 Å². The van der Waals surface area contributed by atoms with Crippen LogP contribution in [0.2, 0.25) is 0 Å². The van der Waals surface area contributed by atoms with Crippen LogP contribution in [-0.4, -0.2) is 45.4 Å². The van der Waals surface area contributed by atoms with Crippen molar-refractivity contribution in [2.75, 3.05) is 39.5 Å². The van der Waals surface area contributed by atoms with Crippen LogP contribution >= 0.6 is 0 Å². The van der Waals surface area contributed by atoms with Crippen molar-refractivity contribution in [2.24, 2.45) is 5.92 Å². The minimum absolute atomic E-state index is 0. The molecule has 0 aromatic heterocycles. The molecule has 0 spiro atoms.